The molecule has 1 nitrogen and oxygen atoms in total. The molecule has 0 atom stereocenters. The summed E-state index contributed by atoms with van der Waals surface area (Å²) in [6, 6.07) is 0. The van der Waals surface area contributed by atoms with Crippen molar-refractivity contribution in [3.63, 3.8) is 0 Å². The molecular formula is C9H21ClO. The van der Waals surface area contributed by atoms with Crippen molar-refractivity contribution in [2.75, 3.05) is 0 Å². The number of carbonyl (C=O) groups is 1. The maximum absolute atomic E-state index is 9.44. The molecule has 0 spiro atoms. The first kappa shape index (κ1) is 17.2. The average Bonchev–Trinajstić information content (AvgIpc) is 1.82. The van der Waals surface area contributed by atoms with Crippen LogP contribution in [-0.2, 0) is 4.79 Å². The van der Waals surface area contributed by atoms with E-state index in [4.69, 9.17) is 0 Å². The van der Waals surface area contributed by atoms with Gasteiger partial charge in [-0.2, -0.15) is 0 Å². The van der Waals surface area contributed by atoms with Gasteiger partial charge >= 0.3 is 0 Å². The number of ketones is 1. The molecule has 0 bridgehead atoms. The molecule has 0 aromatic rings. The minimum atomic E-state index is 0. The van der Waals surface area contributed by atoms with E-state index in [0.717, 1.165) is 0 Å². The lowest BCUT2D eigenvalue weighted by Crippen LogP contribution is -1.69. The number of hydrogen-bond donors (Lipinski definition) is 0. The summed E-state index contributed by atoms with van der Waals surface area (Å²) in [6.07, 6.45) is 5.54. The third-order valence-electron chi connectivity index (χ3n) is 0.957. The lowest BCUT2D eigenvalue weighted by molar-refractivity contribution is -0.114. The maximum atomic E-state index is 9.44. The summed E-state index contributed by atoms with van der Waals surface area (Å²) in [5, 5.41) is 0. The zero-order valence-corrected chi connectivity index (χ0v) is 8.96. The fourth-order valence-electron chi connectivity index (χ4n) is 0.500. The Morgan fingerprint density at radius 3 is 1.27 bits per heavy atom. The highest BCUT2D eigenvalue weighted by Crippen LogP contribution is 1.95. The molecular weight excluding hydrogens is 160 g/mol. The molecule has 70 valence electrons. The third-order valence-corrected chi connectivity index (χ3v) is 0.957. The molecule has 0 radical (unpaired) electrons. The van der Waals surface area contributed by atoms with Crippen molar-refractivity contribution in [3.05, 3.63) is 0 Å². The monoisotopic (exact) mass is 180 g/mol. The highest BCUT2D eigenvalue weighted by atomic mass is 35.5. The van der Waals surface area contributed by atoms with E-state index in [1.54, 1.807) is 0 Å². The number of hydrogen-bond acceptors (Lipinski definition) is 1. The van der Waals surface area contributed by atoms with Gasteiger partial charge in [-0.15, -0.1) is 12.4 Å². The summed E-state index contributed by atoms with van der Waals surface area (Å²) < 4.78 is 0. The Kier molecular flexibility index (Phi) is 25.7. The number of rotatable bonds is 3. The minimum Gasteiger partial charge on any atom is -0.300 e. The van der Waals surface area contributed by atoms with E-state index in [1.807, 2.05) is 0 Å². The van der Waals surface area contributed by atoms with Crippen LogP contribution >= 0.6 is 12.4 Å². The molecule has 0 unspecified atom stereocenters. The van der Waals surface area contributed by atoms with Gasteiger partial charge in [-0.1, -0.05) is 39.5 Å². The van der Waals surface area contributed by atoms with E-state index in [0.29, 0.717) is 0 Å². The van der Waals surface area contributed by atoms with Gasteiger partial charge in [0, 0.05) is 0 Å². The number of carbonyl (C=O) groups excluding carboxylic acids is 1. The van der Waals surface area contributed by atoms with Crippen LogP contribution in [0.15, 0.2) is 0 Å². The highest BCUT2D eigenvalue weighted by molar-refractivity contribution is 5.85. The van der Waals surface area contributed by atoms with Crippen molar-refractivity contribution in [1.29, 1.82) is 0 Å². The van der Waals surface area contributed by atoms with Gasteiger partial charge in [0.25, 0.3) is 0 Å². The second kappa shape index (κ2) is 16.5. The van der Waals surface area contributed by atoms with Crippen LogP contribution in [0.25, 0.3) is 0 Å². The van der Waals surface area contributed by atoms with Crippen LogP contribution in [0.3, 0.4) is 0 Å². The summed E-state index contributed by atoms with van der Waals surface area (Å²) >= 11 is 0. The largest absolute Gasteiger partial charge is 0.300 e. The molecule has 0 aromatic heterocycles. The van der Waals surface area contributed by atoms with Crippen molar-refractivity contribution in [3.8, 4) is 0 Å². The summed E-state index contributed by atoms with van der Waals surface area (Å²) in [6.45, 7) is 7.52. The fraction of sp³-hybridized carbons (Fsp3) is 0.889. The fourth-order valence-corrected chi connectivity index (χ4v) is 0.500. The quantitative estimate of drug-likeness (QED) is 0.607. The smallest absolute Gasteiger partial charge is 0.126 e. The van der Waals surface area contributed by atoms with E-state index < -0.39 is 0 Å². The van der Waals surface area contributed by atoms with Gasteiger partial charge in [0.2, 0.25) is 0 Å². The first-order valence-corrected chi connectivity index (χ1v) is 4.12. The van der Waals surface area contributed by atoms with E-state index in [9.17, 15) is 4.79 Å². The van der Waals surface area contributed by atoms with Gasteiger partial charge in [-0.3, -0.25) is 0 Å². The van der Waals surface area contributed by atoms with Crippen LogP contribution < -0.4 is 0 Å². The molecule has 0 aliphatic heterocycles. The second-order valence-corrected chi connectivity index (χ2v) is 2.62. The number of halogens is 1. The summed E-state index contributed by atoms with van der Waals surface area (Å²) in [4.78, 5) is 9.44. The minimum absolute atomic E-state index is 0. The Balaban J connectivity index is -0.000000114. The molecule has 0 fully saturated rings. The standard InChI is InChI=1S/C6H14.C3H6O.ClH/c1-3-5-6-4-2;1-3(2)4;/h3-6H2,1-2H3;1-2H3;1H. The van der Waals surface area contributed by atoms with Crippen molar-refractivity contribution < 1.29 is 4.79 Å². The normalized spacial score (nSPS) is 7.27. The molecule has 0 saturated heterocycles. The topological polar surface area (TPSA) is 17.1 Å². The van der Waals surface area contributed by atoms with Gasteiger partial charge in [-0.05, 0) is 13.8 Å². The Morgan fingerprint density at radius 2 is 1.18 bits per heavy atom. The van der Waals surface area contributed by atoms with Crippen LogP contribution in [-0.4, -0.2) is 5.78 Å². The predicted octanol–water partition coefficient (Wildman–Crippen LogP) is 3.60. The van der Waals surface area contributed by atoms with Crippen LogP contribution in [0.5, 0.6) is 0 Å². The van der Waals surface area contributed by atoms with Crippen molar-refractivity contribution in [2.24, 2.45) is 0 Å². The molecule has 11 heavy (non-hydrogen) atoms. The molecule has 0 N–H and O–H groups in total. The highest BCUT2D eigenvalue weighted by Gasteiger charge is 1.75. The van der Waals surface area contributed by atoms with Crippen molar-refractivity contribution in [1.82, 2.24) is 0 Å². The first-order valence-electron chi connectivity index (χ1n) is 4.12. The lowest BCUT2D eigenvalue weighted by atomic mass is 10.2. The van der Waals surface area contributed by atoms with Gasteiger partial charge in [0.1, 0.15) is 5.78 Å². The van der Waals surface area contributed by atoms with Gasteiger partial charge in [0.05, 0.1) is 0 Å². The van der Waals surface area contributed by atoms with E-state index in [2.05, 4.69) is 13.8 Å². The molecule has 0 saturated carbocycles. The third kappa shape index (κ3) is 72.0. The van der Waals surface area contributed by atoms with Gasteiger partial charge in [-0.25, -0.2) is 0 Å². The summed E-state index contributed by atoms with van der Waals surface area (Å²) in [5.41, 5.74) is 0. The van der Waals surface area contributed by atoms with Crippen LogP contribution in [0.4, 0.5) is 0 Å². The van der Waals surface area contributed by atoms with Crippen LogP contribution in [0, 0.1) is 0 Å². The first-order chi connectivity index (χ1) is 4.65. The number of Topliss-reactive ketones (excluding diaryl/α,β-unsaturated/α-hetero) is 1. The summed E-state index contributed by atoms with van der Waals surface area (Å²) in [5.74, 6) is 0.167. The molecule has 0 rings (SSSR count). The van der Waals surface area contributed by atoms with Crippen LogP contribution in [0.1, 0.15) is 53.4 Å². The van der Waals surface area contributed by atoms with E-state index in [-0.39, 0.29) is 18.2 Å². The van der Waals surface area contributed by atoms with Gasteiger partial charge in [0.15, 0.2) is 0 Å². The Morgan fingerprint density at radius 1 is 1.00 bits per heavy atom. The lowest BCUT2D eigenvalue weighted by Gasteiger charge is -1.86. The van der Waals surface area contributed by atoms with Crippen molar-refractivity contribution >= 4 is 18.2 Å². The molecule has 0 aromatic carbocycles. The second-order valence-electron chi connectivity index (χ2n) is 2.62. The Hall–Kier alpha value is -0.0400. The average molecular weight is 181 g/mol. The SMILES string of the molecule is CC(C)=O.CCCCCC.Cl. The predicted molar refractivity (Wildman–Crippen MR) is 53.4 cm³/mol. The van der Waals surface area contributed by atoms with E-state index >= 15 is 0 Å². The van der Waals surface area contributed by atoms with Crippen molar-refractivity contribution in [2.45, 2.75) is 53.4 Å². The van der Waals surface area contributed by atoms with Gasteiger partial charge < -0.3 is 4.79 Å². The molecule has 0 heterocycles. The summed E-state index contributed by atoms with van der Waals surface area (Å²) in [7, 11) is 0. The zero-order chi connectivity index (χ0) is 8.41. The molecule has 2 heteroatoms. The maximum Gasteiger partial charge on any atom is 0.126 e. The van der Waals surface area contributed by atoms with E-state index in [1.165, 1.54) is 39.5 Å². The number of unbranched alkanes of at least 4 members (excludes halogenated alkanes) is 3. The molecule has 0 aliphatic carbocycles. The molecule has 0 aliphatic rings. The van der Waals surface area contributed by atoms with Crippen LogP contribution in [0.2, 0.25) is 0 Å². The Bertz CT molecular complexity index is 64.0. The Labute approximate surface area is 77.0 Å². The molecule has 0 amide bonds. The zero-order valence-electron chi connectivity index (χ0n) is 8.14.